The third-order valence-corrected chi connectivity index (χ3v) is 6.18. The van der Waals surface area contributed by atoms with Gasteiger partial charge in [0.05, 0.1) is 30.3 Å². The maximum Gasteiger partial charge on any atom is 0.232 e. The lowest BCUT2D eigenvalue weighted by atomic mass is 10.0. The zero-order chi connectivity index (χ0) is 24.6. The Labute approximate surface area is 193 Å². The van der Waals surface area contributed by atoms with Gasteiger partial charge in [-0.25, -0.2) is 23.0 Å². The zero-order valence-electron chi connectivity index (χ0n) is 19.0. The summed E-state index contributed by atoms with van der Waals surface area (Å²) in [4.78, 5) is 0. The number of benzene rings is 2. The monoisotopic (exact) mass is 484 g/mol. The number of hydrazine groups is 1. The Balaban J connectivity index is 2.27. The Hall–Kier alpha value is -2.76. The highest BCUT2D eigenvalue weighted by molar-refractivity contribution is 7.92. The molecule has 0 aliphatic carbocycles. The molecule has 0 amide bonds. The van der Waals surface area contributed by atoms with E-state index in [9.17, 15) is 17.2 Å². The van der Waals surface area contributed by atoms with Crippen LogP contribution in [-0.4, -0.2) is 46.8 Å². The summed E-state index contributed by atoms with van der Waals surface area (Å²) in [6.07, 6.45) is 1.02. The molecule has 0 unspecified atom stereocenters. The fourth-order valence-electron chi connectivity index (χ4n) is 3.08. The van der Waals surface area contributed by atoms with Crippen molar-refractivity contribution in [3.8, 4) is 5.75 Å². The first-order chi connectivity index (χ1) is 15.6. The quantitative estimate of drug-likeness (QED) is 0.173. The van der Waals surface area contributed by atoms with Crippen molar-refractivity contribution in [2.24, 2.45) is 5.84 Å². The second kappa shape index (κ2) is 11.9. The van der Waals surface area contributed by atoms with Gasteiger partial charge in [0.2, 0.25) is 10.0 Å². The predicted molar refractivity (Wildman–Crippen MR) is 126 cm³/mol. The first-order valence-electron chi connectivity index (χ1n) is 10.5. The van der Waals surface area contributed by atoms with Crippen LogP contribution in [0.4, 0.5) is 20.2 Å². The molecule has 0 radical (unpaired) electrons. The molecule has 2 rings (SSSR count). The Morgan fingerprint density at radius 3 is 2.55 bits per heavy atom. The van der Waals surface area contributed by atoms with Gasteiger partial charge in [-0.2, -0.15) is 0 Å². The number of sulfonamides is 1. The van der Waals surface area contributed by atoms with Crippen LogP contribution >= 0.6 is 0 Å². The van der Waals surface area contributed by atoms with Gasteiger partial charge in [-0.05, 0) is 48.7 Å². The number of nitrogens with two attached hydrogens (primary N) is 1. The van der Waals surface area contributed by atoms with Crippen molar-refractivity contribution in [1.29, 1.82) is 5.41 Å². The van der Waals surface area contributed by atoms with E-state index in [1.54, 1.807) is 26.2 Å². The third kappa shape index (κ3) is 7.37. The lowest BCUT2D eigenvalue weighted by molar-refractivity contribution is 0.146. The molecule has 0 saturated heterocycles. The van der Waals surface area contributed by atoms with E-state index in [0.717, 1.165) is 22.7 Å². The average Bonchev–Trinajstić information content (AvgIpc) is 2.75. The number of hydrogen-bond donors (Lipinski definition) is 3. The molecule has 33 heavy (non-hydrogen) atoms. The van der Waals surface area contributed by atoms with Crippen LogP contribution in [0.2, 0.25) is 0 Å². The minimum atomic E-state index is -3.79. The summed E-state index contributed by atoms with van der Waals surface area (Å²) >= 11 is 0. The highest BCUT2D eigenvalue weighted by Gasteiger charge is 2.22. The van der Waals surface area contributed by atoms with Gasteiger partial charge in [0.15, 0.2) is 11.6 Å². The second-order valence-corrected chi connectivity index (χ2v) is 9.19. The van der Waals surface area contributed by atoms with Crippen LogP contribution in [0.15, 0.2) is 30.3 Å². The van der Waals surface area contributed by atoms with Gasteiger partial charge in [0, 0.05) is 12.7 Å². The number of aryl methyl sites for hydroxylation is 1. The Morgan fingerprint density at radius 2 is 1.91 bits per heavy atom. The van der Waals surface area contributed by atoms with Gasteiger partial charge in [0.1, 0.15) is 18.0 Å². The van der Waals surface area contributed by atoms with Gasteiger partial charge < -0.3 is 14.9 Å². The van der Waals surface area contributed by atoms with Crippen LogP contribution in [0.1, 0.15) is 31.4 Å². The Kier molecular flexibility index (Phi) is 9.56. The molecule has 8 nitrogen and oxygen atoms in total. The van der Waals surface area contributed by atoms with E-state index in [1.807, 2.05) is 13.0 Å². The molecule has 0 spiro atoms. The van der Waals surface area contributed by atoms with E-state index in [2.05, 4.69) is 4.72 Å². The fourth-order valence-corrected chi connectivity index (χ4v) is 4.21. The van der Waals surface area contributed by atoms with Crippen molar-refractivity contribution in [3.05, 3.63) is 53.1 Å². The SMILES string of the molecule is CCCS(=O)(=O)Nc1ccc(F)c(N(N)CC(=N)c2cc(CC)cc(OCCOC)c2)c1F. The molecule has 0 heterocycles. The normalized spacial score (nSPS) is 11.3. The lowest BCUT2D eigenvalue weighted by Crippen LogP contribution is -2.37. The number of nitrogens with one attached hydrogen (secondary N) is 2. The number of hydrogen-bond acceptors (Lipinski definition) is 7. The number of ether oxygens (including phenoxy) is 2. The summed E-state index contributed by atoms with van der Waals surface area (Å²) < 4.78 is 66.1. The molecule has 0 atom stereocenters. The number of rotatable bonds is 13. The minimum Gasteiger partial charge on any atom is -0.491 e. The standard InChI is InChI=1S/C22H30F2N4O4S/c1-4-10-33(29,30)27-20-7-6-18(23)22(21(20)24)28(26)14-19(25)16-11-15(5-2)12-17(13-16)32-9-8-31-3/h6-7,11-13,25,27H,4-5,8-10,14,26H2,1-3H3. The molecule has 182 valence electrons. The minimum absolute atomic E-state index is 0.000147. The van der Waals surface area contributed by atoms with Crippen LogP contribution in [0.3, 0.4) is 0 Å². The first kappa shape index (κ1) is 26.5. The predicted octanol–water partition coefficient (Wildman–Crippen LogP) is 3.45. The summed E-state index contributed by atoms with van der Waals surface area (Å²) in [5, 5.41) is 9.17. The van der Waals surface area contributed by atoms with E-state index < -0.39 is 33.0 Å². The second-order valence-electron chi connectivity index (χ2n) is 7.35. The fraction of sp³-hybridized carbons (Fsp3) is 0.409. The highest BCUT2D eigenvalue weighted by Crippen LogP contribution is 2.29. The molecule has 2 aromatic rings. The van der Waals surface area contributed by atoms with E-state index in [1.165, 1.54) is 0 Å². The van der Waals surface area contributed by atoms with Gasteiger partial charge >= 0.3 is 0 Å². The van der Waals surface area contributed by atoms with Crippen LogP contribution in [0.25, 0.3) is 0 Å². The van der Waals surface area contributed by atoms with Crippen molar-refractivity contribution in [2.75, 3.05) is 42.4 Å². The number of nitrogens with zero attached hydrogens (tertiary/aromatic N) is 1. The summed E-state index contributed by atoms with van der Waals surface area (Å²) in [5.41, 5.74) is 0.347. The van der Waals surface area contributed by atoms with Gasteiger partial charge in [0.25, 0.3) is 0 Å². The summed E-state index contributed by atoms with van der Waals surface area (Å²) in [6.45, 7) is 4.02. The maximum absolute atomic E-state index is 15.0. The molecule has 0 fully saturated rings. The van der Waals surface area contributed by atoms with E-state index in [0.29, 0.717) is 37.4 Å². The molecule has 4 N–H and O–H groups in total. The number of methoxy groups -OCH3 is 1. The first-order valence-corrected chi connectivity index (χ1v) is 12.1. The van der Waals surface area contributed by atoms with Crippen molar-refractivity contribution in [1.82, 2.24) is 0 Å². The largest absolute Gasteiger partial charge is 0.491 e. The molecular formula is C22H30F2N4O4S. The maximum atomic E-state index is 15.0. The molecule has 11 heteroatoms. The molecule has 0 saturated carbocycles. The third-order valence-electron chi connectivity index (χ3n) is 4.70. The Morgan fingerprint density at radius 1 is 1.18 bits per heavy atom. The smallest absolute Gasteiger partial charge is 0.232 e. The average molecular weight is 485 g/mol. The Bertz CT molecular complexity index is 1080. The van der Waals surface area contributed by atoms with Gasteiger partial charge in [-0.1, -0.05) is 13.8 Å². The van der Waals surface area contributed by atoms with Crippen LogP contribution < -0.4 is 20.3 Å². The summed E-state index contributed by atoms with van der Waals surface area (Å²) in [7, 11) is -2.23. The number of halogens is 2. The summed E-state index contributed by atoms with van der Waals surface area (Å²) in [5.74, 6) is 4.12. The van der Waals surface area contributed by atoms with Crippen molar-refractivity contribution in [2.45, 2.75) is 26.7 Å². The lowest BCUT2D eigenvalue weighted by Gasteiger charge is -2.22. The van der Waals surface area contributed by atoms with Gasteiger partial charge in [-0.3, -0.25) is 9.73 Å². The highest BCUT2D eigenvalue weighted by atomic mass is 32.2. The number of anilines is 2. The molecule has 0 aliphatic heterocycles. The van der Waals surface area contributed by atoms with Crippen molar-refractivity contribution < 1.29 is 26.7 Å². The zero-order valence-corrected chi connectivity index (χ0v) is 19.8. The molecule has 0 aliphatic rings. The topological polar surface area (TPSA) is 118 Å². The molecule has 0 aromatic heterocycles. The van der Waals surface area contributed by atoms with E-state index >= 15 is 0 Å². The summed E-state index contributed by atoms with van der Waals surface area (Å²) in [6, 6.07) is 7.19. The van der Waals surface area contributed by atoms with Crippen LogP contribution in [0, 0.1) is 17.0 Å². The molecular weight excluding hydrogens is 454 g/mol. The van der Waals surface area contributed by atoms with Crippen molar-refractivity contribution in [3.63, 3.8) is 0 Å². The van der Waals surface area contributed by atoms with E-state index in [4.69, 9.17) is 20.7 Å². The van der Waals surface area contributed by atoms with E-state index in [-0.39, 0.29) is 18.0 Å². The van der Waals surface area contributed by atoms with Crippen LogP contribution in [0.5, 0.6) is 5.75 Å². The molecule has 0 bridgehead atoms. The molecule has 2 aromatic carbocycles. The van der Waals surface area contributed by atoms with Crippen molar-refractivity contribution >= 4 is 27.1 Å². The van der Waals surface area contributed by atoms with Crippen LogP contribution in [-0.2, 0) is 21.2 Å². The van der Waals surface area contributed by atoms with Gasteiger partial charge in [-0.15, -0.1) is 0 Å².